The number of hydrogen-bond donors (Lipinski definition) is 3. The van der Waals surface area contributed by atoms with Gasteiger partial charge in [0.25, 0.3) is 0 Å². The highest BCUT2D eigenvalue weighted by Crippen LogP contribution is 2.41. The van der Waals surface area contributed by atoms with Gasteiger partial charge in [0, 0.05) is 50.9 Å². The molecule has 3 rings (SSSR count). The van der Waals surface area contributed by atoms with Crippen LogP contribution in [0, 0.1) is 24.6 Å². The molecule has 0 spiro atoms. The topological polar surface area (TPSA) is 73.8 Å². The zero-order chi connectivity index (χ0) is 26.0. The second-order valence-corrected chi connectivity index (χ2v) is 11.1. The molecule has 0 radical (unpaired) electrons. The lowest BCUT2D eigenvalue weighted by atomic mass is 9.73. The number of likely N-dealkylation sites (tertiary alicyclic amines) is 1. The lowest BCUT2D eigenvalue weighted by Gasteiger charge is -2.43. The third-order valence-corrected chi connectivity index (χ3v) is 8.25. The number of nitrogens with zero attached hydrogens (tertiary/aromatic N) is 1. The van der Waals surface area contributed by atoms with E-state index >= 15 is 4.39 Å². The summed E-state index contributed by atoms with van der Waals surface area (Å²) in [7, 11) is 3.59. The molecular weight excluding hydrogens is 457 g/mol. The van der Waals surface area contributed by atoms with Gasteiger partial charge in [-0.3, -0.25) is 0 Å². The number of benzene rings is 1. The van der Waals surface area contributed by atoms with E-state index in [0.717, 1.165) is 44.2 Å². The number of hydrogen-bond acceptors (Lipinski definition) is 4. The molecule has 3 atom stereocenters. The van der Waals surface area contributed by atoms with Crippen molar-refractivity contribution in [2.75, 3.05) is 40.4 Å². The number of nitrogens with one attached hydrogen (secondary N) is 2. The fourth-order valence-electron chi connectivity index (χ4n) is 6.25. The monoisotopic (exact) mass is 505 g/mol. The number of methoxy groups -OCH3 is 1. The van der Waals surface area contributed by atoms with Crippen molar-refractivity contribution in [3.63, 3.8) is 0 Å². The number of aliphatic hydroxyl groups is 1. The highest BCUT2D eigenvalue weighted by atomic mass is 19.1. The zero-order valence-corrected chi connectivity index (χ0v) is 22.7. The highest BCUT2D eigenvalue weighted by Gasteiger charge is 2.43. The van der Waals surface area contributed by atoms with Crippen LogP contribution in [0.1, 0.15) is 81.8 Å². The van der Waals surface area contributed by atoms with Gasteiger partial charge < -0.3 is 25.4 Å². The van der Waals surface area contributed by atoms with Crippen LogP contribution in [-0.4, -0.2) is 62.5 Å². The Bertz CT molecular complexity index is 817. The van der Waals surface area contributed by atoms with Crippen molar-refractivity contribution in [3.8, 4) is 0 Å². The maximum atomic E-state index is 15.0. The molecule has 2 amide bonds. The van der Waals surface area contributed by atoms with Gasteiger partial charge in [-0.05, 0) is 64.5 Å². The van der Waals surface area contributed by atoms with E-state index in [-0.39, 0.29) is 23.8 Å². The molecule has 0 bridgehead atoms. The van der Waals surface area contributed by atoms with E-state index < -0.39 is 5.60 Å². The molecule has 1 heterocycles. The summed E-state index contributed by atoms with van der Waals surface area (Å²) in [5.41, 5.74) is -0.0443. The normalized spacial score (nSPS) is 21.7. The van der Waals surface area contributed by atoms with Gasteiger partial charge in [-0.15, -0.1) is 0 Å². The molecule has 7 heteroatoms. The first-order valence-corrected chi connectivity index (χ1v) is 14.0. The molecule has 1 aliphatic heterocycles. The molecule has 1 saturated carbocycles. The standard InChI is InChI=1S/C29H48FN3O3/c1-22-13-14-27(30)26(18-22)29(35,15-7-8-17-36-3)24-12-9-16-33(21-24)28(34)32-25(20-31-2)19-23-10-5-4-6-11-23/h13-14,18,23-25,31,35H,4-12,15-17,19-21H2,1-3H3,(H,32,34)/t24-,25+,29+/m1/s1. The number of ether oxygens (including phenoxy) is 1. The summed E-state index contributed by atoms with van der Waals surface area (Å²) in [6.07, 6.45) is 10.9. The summed E-state index contributed by atoms with van der Waals surface area (Å²) in [5.74, 6) is 0.0721. The van der Waals surface area contributed by atoms with Gasteiger partial charge in [-0.1, -0.05) is 49.8 Å². The van der Waals surface area contributed by atoms with Crippen LogP contribution in [0.3, 0.4) is 0 Å². The molecule has 1 aromatic rings. The third kappa shape index (κ3) is 7.90. The van der Waals surface area contributed by atoms with Crippen molar-refractivity contribution in [1.29, 1.82) is 0 Å². The van der Waals surface area contributed by atoms with Crippen LogP contribution in [0.25, 0.3) is 0 Å². The minimum absolute atomic E-state index is 0.0674. The van der Waals surface area contributed by atoms with E-state index in [2.05, 4.69) is 10.6 Å². The summed E-state index contributed by atoms with van der Waals surface area (Å²) >= 11 is 0. The van der Waals surface area contributed by atoms with Crippen molar-refractivity contribution in [2.45, 2.75) is 89.2 Å². The van der Waals surface area contributed by atoms with Crippen LogP contribution < -0.4 is 10.6 Å². The van der Waals surface area contributed by atoms with Crippen molar-refractivity contribution >= 4 is 6.03 Å². The smallest absolute Gasteiger partial charge is 0.317 e. The van der Waals surface area contributed by atoms with Crippen LogP contribution >= 0.6 is 0 Å². The zero-order valence-electron chi connectivity index (χ0n) is 22.7. The molecular formula is C29H48FN3O3. The molecule has 1 saturated heterocycles. The van der Waals surface area contributed by atoms with E-state index in [9.17, 15) is 9.90 Å². The summed E-state index contributed by atoms with van der Waals surface area (Å²) < 4.78 is 20.2. The fourth-order valence-corrected chi connectivity index (χ4v) is 6.25. The number of piperidine rings is 1. The average molecular weight is 506 g/mol. The van der Waals surface area contributed by atoms with Gasteiger partial charge >= 0.3 is 6.03 Å². The number of carbonyl (C=O) groups is 1. The summed E-state index contributed by atoms with van der Waals surface area (Å²) in [6.45, 7) is 4.36. The van der Waals surface area contributed by atoms with Crippen LogP contribution in [0.2, 0.25) is 0 Å². The fraction of sp³-hybridized carbons (Fsp3) is 0.759. The average Bonchev–Trinajstić information content (AvgIpc) is 2.88. The number of amides is 2. The molecule has 36 heavy (non-hydrogen) atoms. The second kappa shape index (κ2) is 14.3. The maximum absolute atomic E-state index is 15.0. The van der Waals surface area contributed by atoms with Gasteiger partial charge in [-0.25, -0.2) is 9.18 Å². The molecule has 3 N–H and O–H groups in total. The number of carbonyl (C=O) groups excluding carboxylic acids is 1. The minimum Gasteiger partial charge on any atom is -0.385 e. The summed E-state index contributed by atoms with van der Waals surface area (Å²) in [4.78, 5) is 15.2. The first kappa shape index (κ1) is 28.9. The third-order valence-electron chi connectivity index (χ3n) is 8.25. The minimum atomic E-state index is -1.32. The van der Waals surface area contributed by atoms with Gasteiger partial charge in [0.05, 0.1) is 5.60 Å². The molecule has 1 aliphatic carbocycles. The predicted molar refractivity (Wildman–Crippen MR) is 142 cm³/mol. The lowest BCUT2D eigenvalue weighted by molar-refractivity contribution is -0.0588. The second-order valence-electron chi connectivity index (χ2n) is 11.1. The van der Waals surface area contributed by atoms with Gasteiger partial charge in [0.2, 0.25) is 0 Å². The van der Waals surface area contributed by atoms with E-state index in [1.54, 1.807) is 19.2 Å². The van der Waals surface area contributed by atoms with Gasteiger partial charge in [0.1, 0.15) is 5.82 Å². The first-order valence-electron chi connectivity index (χ1n) is 14.0. The Balaban J connectivity index is 1.72. The largest absolute Gasteiger partial charge is 0.385 e. The Hall–Kier alpha value is -1.70. The molecule has 1 aromatic carbocycles. The van der Waals surface area contributed by atoms with E-state index in [1.165, 1.54) is 38.2 Å². The molecule has 6 nitrogen and oxygen atoms in total. The van der Waals surface area contributed by atoms with Gasteiger partial charge in [-0.2, -0.15) is 0 Å². The molecule has 204 valence electrons. The van der Waals surface area contributed by atoms with Crippen molar-refractivity contribution < 1.29 is 19.0 Å². The van der Waals surface area contributed by atoms with Gasteiger partial charge in [0.15, 0.2) is 0 Å². The quantitative estimate of drug-likeness (QED) is 0.345. The first-order chi connectivity index (χ1) is 17.4. The van der Waals surface area contributed by atoms with Crippen molar-refractivity contribution in [1.82, 2.24) is 15.5 Å². The Kier molecular flexibility index (Phi) is 11.5. The van der Waals surface area contributed by atoms with E-state index in [0.29, 0.717) is 37.6 Å². The summed E-state index contributed by atoms with van der Waals surface area (Å²) in [5, 5.41) is 18.6. The molecule has 0 unspecified atom stereocenters. The number of rotatable bonds is 12. The molecule has 0 aromatic heterocycles. The molecule has 2 aliphatic rings. The van der Waals surface area contributed by atoms with E-state index in [1.807, 2.05) is 18.9 Å². The SMILES string of the molecule is CNC[C@H](CC1CCCCC1)NC(=O)N1CCC[C@@H]([C@@](O)(CCCCOC)c2cc(C)ccc2F)C1. The number of halogens is 1. The molecule has 2 fully saturated rings. The summed E-state index contributed by atoms with van der Waals surface area (Å²) in [6, 6.07) is 4.98. The Morgan fingerprint density at radius 3 is 2.72 bits per heavy atom. The van der Waals surface area contributed by atoms with Crippen LogP contribution in [0.15, 0.2) is 18.2 Å². The Labute approximate surface area is 217 Å². The predicted octanol–water partition coefficient (Wildman–Crippen LogP) is 5.12. The van der Waals surface area contributed by atoms with Crippen molar-refractivity contribution in [3.05, 3.63) is 35.1 Å². The number of unbranched alkanes of at least 4 members (excludes halogenated alkanes) is 1. The van der Waals surface area contributed by atoms with E-state index in [4.69, 9.17) is 4.74 Å². The van der Waals surface area contributed by atoms with Crippen molar-refractivity contribution in [2.24, 2.45) is 11.8 Å². The van der Waals surface area contributed by atoms with Crippen LogP contribution in [0.5, 0.6) is 0 Å². The number of likely N-dealkylation sites (N-methyl/N-ethyl adjacent to an activating group) is 1. The Morgan fingerprint density at radius 2 is 2.00 bits per heavy atom. The Morgan fingerprint density at radius 1 is 1.22 bits per heavy atom. The lowest BCUT2D eigenvalue weighted by Crippen LogP contribution is -2.54. The number of aryl methyl sites for hydroxylation is 1. The highest BCUT2D eigenvalue weighted by molar-refractivity contribution is 5.74. The van der Waals surface area contributed by atoms with Crippen LogP contribution in [-0.2, 0) is 10.3 Å². The van der Waals surface area contributed by atoms with Crippen LogP contribution in [0.4, 0.5) is 9.18 Å². The number of urea groups is 1. The maximum Gasteiger partial charge on any atom is 0.317 e.